The number of hydrogen-bond acceptors (Lipinski definition) is 3. The number of benzene rings is 1. The molecule has 0 aromatic heterocycles. The topological polar surface area (TPSA) is 63.5 Å². The van der Waals surface area contributed by atoms with Crippen LogP contribution in [-0.2, 0) is 17.6 Å². The Labute approximate surface area is 121 Å². The summed E-state index contributed by atoms with van der Waals surface area (Å²) >= 11 is 1.99. The van der Waals surface area contributed by atoms with Crippen molar-refractivity contribution < 1.29 is 12.5 Å². The molecule has 2 rings (SSSR count). The lowest BCUT2D eigenvalue weighted by molar-refractivity contribution is -0.385. The highest BCUT2D eigenvalue weighted by Crippen LogP contribution is 2.27. The molecule has 1 aromatic rings. The number of nitro groups is 1. The Kier molecular flexibility index (Phi) is 3.10. The van der Waals surface area contributed by atoms with Gasteiger partial charge in [0, 0.05) is 38.4 Å². The quantitative estimate of drug-likeness (QED) is 0.437. The van der Waals surface area contributed by atoms with Crippen LogP contribution in [0.3, 0.4) is 0 Å². The van der Waals surface area contributed by atoms with Gasteiger partial charge in [-0.2, -0.15) is 0 Å². The molecule has 96 valence electrons. The van der Waals surface area contributed by atoms with E-state index >= 15 is 0 Å². The van der Waals surface area contributed by atoms with E-state index in [9.17, 15) is 14.9 Å². The molecule has 5 nitrogen and oxygen atoms in total. The number of halogens is 1. The van der Waals surface area contributed by atoms with Crippen LogP contribution in [-0.4, -0.2) is 28.8 Å². The predicted molar refractivity (Wildman–Crippen MR) is 75.5 cm³/mol. The van der Waals surface area contributed by atoms with Gasteiger partial charge in [-0.1, -0.05) is 0 Å². The summed E-state index contributed by atoms with van der Waals surface area (Å²) in [6.07, 6.45) is 0.476. The molecule has 1 aromatic carbocycles. The molecule has 0 saturated carbocycles. The molecular formula is C12H13IN2O3. The summed E-state index contributed by atoms with van der Waals surface area (Å²) in [6, 6.07) is 2.93. The predicted octanol–water partition coefficient (Wildman–Crippen LogP) is 2.15. The minimum absolute atomic E-state index is 0.00462. The third kappa shape index (κ3) is 2.63. The van der Waals surface area contributed by atoms with Crippen molar-refractivity contribution in [3.63, 3.8) is 0 Å². The number of carbonyl (C=O) groups excluding carboxylic acids is 1. The Bertz CT molecular complexity index is 592. The zero-order valence-corrected chi connectivity index (χ0v) is 11.9. The van der Waals surface area contributed by atoms with Gasteiger partial charge in [0.1, 0.15) is 0 Å². The van der Waals surface area contributed by atoms with Crippen molar-refractivity contribution in [3.8, 4) is 0 Å². The molecule has 0 radical (unpaired) electrons. The van der Waals surface area contributed by atoms with E-state index < -0.39 is 11.4 Å². The minimum atomic E-state index is -1.77. The molecule has 0 N–H and O–H groups in total. The van der Waals surface area contributed by atoms with Gasteiger partial charge in [-0.3, -0.25) is 14.9 Å². The number of hydrogen-bond donors (Lipinski definition) is 0. The van der Waals surface area contributed by atoms with Crippen LogP contribution in [0.1, 0.15) is 20.8 Å². The van der Waals surface area contributed by atoms with Crippen molar-refractivity contribution in [2.75, 3.05) is 13.0 Å². The summed E-state index contributed by atoms with van der Waals surface area (Å²) in [5.41, 5.74) is 1.51. The third-order valence-electron chi connectivity index (χ3n) is 2.92. The molecule has 0 unspecified atom stereocenters. The number of nitro benzene ring substituents is 1. The molecule has 1 amide bonds. The molecule has 1 aliphatic heterocycles. The Morgan fingerprint density at radius 2 is 2.28 bits per heavy atom. The van der Waals surface area contributed by atoms with Gasteiger partial charge in [0.25, 0.3) is 5.69 Å². The highest BCUT2D eigenvalue weighted by atomic mass is 127. The summed E-state index contributed by atoms with van der Waals surface area (Å²) in [6.45, 7) is -0.207. The van der Waals surface area contributed by atoms with Gasteiger partial charge in [-0.25, -0.2) is 0 Å². The van der Waals surface area contributed by atoms with E-state index in [-0.39, 0.29) is 24.6 Å². The zero-order chi connectivity index (χ0) is 15.1. The second-order valence-electron chi connectivity index (χ2n) is 4.08. The number of rotatable bonds is 1. The molecule has 1 heterocycles. The smallest absolute Gasteiger partial charge is 0.270 e. The number of carbonyl (C=O) groups is 1. The normalized spacial score (nSPS) is 19.3. The fourth-order valence-electron chi connectivity index (χ4n) is 1.96. The van der Waals surface area contributed by atoms with Crippen LogP contribution in [0, 0.1) is 13.7 Å². The molecule has 0 aliphatic carbocycles. The van der Waals surface area contributed by atoms with E-state index in [2.05, 4.69) is 0 Å². The van der Waals surface area contributed by atoms with E-state index in [4.69, 9.17) is 2.74 Å². The van der Waals surface area contributed by atoms with Gasteiger partial charge < -0.3 is 4.90 Å². The van der Waals surface area contributed by atoms with Crippen LogP contribution in [0.5, 0.6) is 0 Å². The lowest BCUT2D eigenvalue weighted by atomic mass is 10.0. The van der Waals surface area contributed by atoms with Crippen LogP contribution in [0.2, 0.25) is 0 Å². The van der Waals surface area contributed by atoms with Crippen LogP contribution in [0.15, 0.2) is 12.1 Å². The maximum absolute atomic E-state index is 11.6. The van der Waals surface area contributed by atoms with Crippen molar-refractivity contribution in [2.24, 2.45) is 0 Å². The molecule has 0 saturated heterocycles. The maximum Gasteiger partial charge on any atom is 0.270 e. The highest BCUT2D eigenvalue weighted by Gasteiger charge is 2.20. The lowest BCUT2D eigenvalue weighted by Crippen LogP contribution is -2.30. The molecular weight excluding hydrogens is 347 g/mol. The fraction of sp³-hybridized carbons (Fsp3) is 0.417. The van der Waals surface area contributed by atoms with Crippen molar-refractivity contribution in [1.82, 2.24) is 4.90 Å². The number of amides is 1. The maximum atomic E-state index is 11.6. The van der Waals surface area contributed by atoms with E-state index in [1.54, 1.807) is 0 Å². The van der Waals surface area contributed by atoms with Crippen molar-refractivity contribution >= 4 is 34.2 Å². The van der Waals surface area contributed by atoms with Crippen molar-refractivity contribution in [3.05, 3.63) is 36.9 Å². The second-order valence-corrected chi connectivity index (χ2v) is 5.24. The molecule has 6 heteroatoms. The number of fused-ring (bicyclic) bond motifs is 1. The summed E-state index contributed by atoms with van der Waals surface area (Å²) in [5, 5.41) is 10.9. The first-order valence-corrected chi connectivity index (χ1v) is 6.54. The van der Waals surface area contributed by atoms with E-state index in [1.165, 1.54) is 24.0 Å². The average molecular weight is 362 g/mol. The van der Waals surface area contributed by atoms with Gasteiger partial charge in [-0.05, 0) is 46.6 Å². The molecule has 18 heavy (non-hydrogen) atoms. The van der Waals surface area contributed by atoms with Crippen LogP contribution < -0.4 is 0 Å². The molecule has 0 bridgehead atoms. The highest BCUT2D eigenvalue weighted by molar-refractivity contribution is 14.1. The SMILES string of the molecule is [2H]C1([2H])Cc2c(I)cc([N+](=O)[O-])cc2CCN1C(C)=O. The first-order valence-electron chi connectivity index (χ1n) is 6.46. The fourth-order valence-corrected chi connectivity index (χ4v) is 2.81. The van der Waals surface area contributed by atoms with Gasteiger partial charge in [0.2, 0.25) is 5.91 Å². The Balaban J connectivity index is 2.49. The van der Waals surface area contributed by atoms with Gasteiger partial charge >= 0.3 is 0 Å². The standard InChI is InChI=1S/C12H13IN2O3/c1-8(16)14-4-2-9-6-10(15(17)18)7-12(13)11(9)3-5-14/h6-7H,2-5H2,1H3/i5D2. The molecule has 0 spiro atoms. The molecule has 1 aliphatic rings. The Morgan fingerprint density at radius 1 is 1.56 bits per heavy atom. The molecule has 0 fully saturated rings. The first kappa shape index (κ1) is 10.7. The monoisotopic (exact) mass is 362 g/mol. The van der Waals surface area contributed by atoms with Gasteiger partial charge in [0.15, 0.2) is 0 Å². The number of nitrogens with zero attached hydrogens (tertiary/aromatic N) is 2. The summed E-state index contributed by atoms with van der Waals surface area (Å²) in [5.74, 6) is -0.327. The number of non-ortho nitro benzene ring substituents is 1. The first-order chi connectivity index (χ1) is 9.22. The zero-order valence-electron chi connectivity index (χ0n) is 11.8. The third-order valence-corrected chi connectivity index (χ3v) is 3.88. The van der Waals surface area contributed by atoms with E-state index in [1.807, 2.05) is 22.6 Å². The summed E-state index contributed by atoms with van der Waals surface area (Å²) in [7, 11) is 0. The lowest BCUT2D eigenvalue weighted by Gasteiger charge is -2.17. The van der Waals surface area contributed by atoms with E-state index in [0.717, 1.165) is 11.1 Å². The van der Waals surface area contributed by atoms with Crippen molar-refractivity contribution in [1.29, 1.82) is 0 Å². The second kappa shape index (κ2) is 5.21. The summed E-state index contributed by atoms with van der Waals surface area (Å²) < 4.78 is 16.8. The van der Waals surface area contributed by atoms with Crippen LogP contribution in [0.25, 0.3) is 0 Å². The van der Waals surface area contributed by atoms with E-state index in [0.29, 0.717) is 9.99 Å². The van der Waals surface area contributed by atoms with Crippen LogP contribution >= 0.6 is 22.6 Å². The Morgan fingerprint density at radius 3 is 2.89 bits per heavy atom. The van der Waals surface area contributed by atoms with Gasteiger partial charge in [0.05, 0.1) is 4.92 Å². The Hall–Kier alpha value is -1.18. The average Bonchev–Trinajstić information content (AvgIpc) is 2.44. The van der Waals surface area contributed by atoms with Gasteiger partial charge in [-0.15, -0.1) is 0 Å². The summed E-state index contributed by atoms with van der Waals surface area (Å²) in [4.78, 5) is 23.2. The minimum Gasteiger partial charge on any atom is -0.342 e. The van der Waals surface area contributed by atoms with Crippen LogP contribution in [0.4, 0.5) is 5.69 Å². The molecule has 0 atom stereocenters. The largest absolute Gasteiger partial charge is 0.342 e. The van der Waals surface area contributed by atoms with Crippen molar-refractivity contribution in [2.45, 2.75) is 19.8 Å².